The third-order valence-electron chi connectivity index (χ3n) is 5.71. The third-order valence-corrected chi connectivity index (χ3v) is 6.22. The van der Waals surface area contributed by atoms with Crippen molar-refractivity contribution in [1.82, 2.24) is 9.97 Å². The molecule has 1 aromatic heterocycles. The highest BCUT2D eigenvalue weighted by Crippen LogP contribution is 2.34. The zero-order valence-electron chi connectivity index (χ0n) is 19.0. The van der Waals surface area contributed by atoms with Gasteiger partial charge in [-0.1, -0.05) is 0 Å². The second kappa shape index (κ2) is 10.4. The molecular formula is C24H29FN4O3S. The lowest BCUT2D eigenvalue weighted by atomic mass is 9.94. The van der Waals surface area contributed by atoms with E-state index in [-0.39, 0.29) is 11.9 Å². The summed E-state index contributed by atoms with van der Waals surface area (Å²) in [6.07, 6.45) is 5.88. The molecule has 1 aliphatic heterocycles. The van der Waals surface area contributed by atoms with E-state index in [1.54, 1.807) is 18.4 Å². The normalized spacial score (nSPS) is 16.6. The quantitative estimate of drug-likeness (QED) is 0.452. The molecule has 176 valence electrons. The van der Waals surface area contributed by atoms with Crippen LogP contribution in [0.2, 0.25) is 0 Å². The predicted octanol–water partition coefficient (Wildman–Crippen LogP) is 5.33. The number of rotatable bonds is 7. The van der Waals surface area contributed by atoms with Crippen molar-refractivity contribution in [2.45, 2.75) is 39.2 Å². The SMILES string of the molecule is Cc1cc(/N=[SH](/C)=O)cc2ncnc(Nc3ccc(F)cc3OC(C)CC3CCOCC3)c12. The summed E-state index contributed by atoms with van der Waals surface area (Å²) in [5.41, 5.74) is 2.81. The molecule has 9 heteroatoms. The molecule has 2 aromatic carbocycles. The summed E-state index contributed by atoms with van der Waals surface area (Å²) in [6, 6.07) is 8.08. The Morgan fingerprint density at radius 3 is 2.82 bits per heavy atom. The van der Waals surface area contributed by atoms with E-state index in [1.165, 1.54) is 18.5 Å². The number of aromatic nitrogens is 2. The number of ether oxygens (including phenoxy) is 2. The van der Waals surface area contributed by atoms with Crippen molar-refractivity contribution in [3.05, 3.63) is 48.0 Å². The number of nitrogens with one attached hydrogen (secondary N) is 1. The molecule has 1 fully saturated rings. The molecule has 0 radical (unpaired) electrons. The maximum Gasteiger partial charge on any atom is 0.146 e. The van der Waals surface area contributed by atoms with Crippen molar-refractivity contribution >= 4 is 38.7 Å². The fourth-order valence-corrected chi connectivity index (χ4v) is 4.67. The summed E-state index contributed by atoms with van der Waals surface area (Å²) < 4.78 is 41.4. The fourth-order valence-electron chi connectivity index (χ4n) is 4.23. The minimum Gasteiger partial charge on any atom is -0.488 e. The molecule has 2 atom stereocenters. The van der Waals surface area contributed by atoms with Crippen molar-refractivity contribution < 1.29 is 18.1 Å². The molecule has 33 heavy (non-hydrogen) atoms. The molecule has 0 spiro atoms. The van der Waals surface area contributed by atoms with Crippen LogP contribution in [-0.2, 0) is 15.3 Å². The highest BCUT2D eigenvalue weighted by Gasteiger charge is 2.19. The van der Waals surface area contributed by atoms with Gasteiger partial charge in [0.05, 0.1) is 23.0 Å². The van der Waals surface area contributed by atoms with E-state index in [1.807, 2.05) is 19.9 Å². The van der Waals surface area contributed by atoms with Crippen molar-refractivity contribution in [1.29, 1.82) is 0 Å². The van der Waals surface area contributed by atoms with Gasteiger partial charge in [-0.2, -0.15) is 0 Å². The number of anilines is 2. The first-order chi connectivity index (χ1) is 15.9. The minimum atomic E-state index is -1.66. The monoisotopic (exact) mass is 472 g/mol. The summed E-state index contributed by atoms with van der Waals surface area (Å²) in [5.74, 6) is 1.20. The number of hydrogen-bond acceptors (Lipinski definition) is 7. The van der Waals surface area contributed by atoms with Crippen LogP contribution in [0.3, 0.4) is 0 Å². The van der Waals surface area contributed by atoms with Gasteiger partial charge in [-0.05, 0) is 68.9 Å². The lowest BCUT2D eigenvalue weighted by Gasteiger charge is -2.26. The van der Waals surface area contributed by atoms with Crippen molar-refractivity contribution in [2.75, 3.05) is 24.8 Å². The average Bonchev–Trinajstić information content (AvgIpc) is 2.75. The summed E-state index contributed by atoms with van der Waals surface area (Å²) in [4.78, 5) is 8.77. The van der Waals surface area contributed by atoms with Crippen LogP contribution in [0.15, 0.2) is 41.0 Å². The Hall–Kier alpha value is -2.78. The Bertz CT molecular complexity index is 1220. The Morgan fingerprint density at radius 1 is 1.27 bits per heavy atom. The molecule has 0 bridgehead atoms. The predicted molar refractivity (Wildman–Crippen MR) is 130 cm³/mol. The van der Waals surface area contributed by atoms with Crippen molar-refractivity contribution in [3.8, 4) is 5.75 Å². The first-order valence-corrected chi connectivity index (χ1v) is 12.7. The van der Waals surface area contributed by atoms with Crippen molar-refractivity contribution in [3.63, 3.8) is 0 Å². The molecule has 2 unspecified atom stereocenters. The number of benzene rings is 2. The highest BCUT2D eigenvalue weighted by molar-refractivity contribution is 7.74. The smallest absolute Gasteiger partial charge is 0.146 e. The summed E-state index contributed by atoms with van der Waals surface area (Å²) in [7, 11) is -1.66. The van der Waals surface area contributed by atoms with Crippen LogP contribution in [0.4, 0.5) is 21.6 Å². The van der Waals surface area contributed by atoms with Gasteiger partial charge in [0.15, 0.2) is 0 Å². The zero-order chi connectivity index (χ0) is 23.4. The maximum atomic E-state index is 14.1. The topological polar surface area (TPSA) is 85.7 Å². The van der Waals surface area contributed by atoms with Gasteiger partial charge in [0, 0.05) is 41.5 Å². The van der Waals surface area contributed by atoms with Gasteiger partial charge < -0.3 is 14.8 Å². The second-order valence-electron chi connectivity index (χ2n) is 8.43. The van der Waals surface area contributed by atoms with E-state index < -0.39 is 10.6 Å². The lowest BCUT2D eigenvalue weighted by Crippen LogP contribution is -2.23. The van der Waals surface area contributed by atoms with Gasteiger partial charge in [-0.25, -0.2) is 18.7 Å². The van der Waals surface area contributed by atoms with Gasteiger partial charge in [-0.3, -0.25) is 4.21 Å². The molecule has 0 amide bonds. The van der Waals surface area contributed by atoms with Crippen LogP contribution >= 0.6 is 0 Å². The Labute approximate surface area is 195 Å². The molecule has 1 saturated heterocycles. The van der Waals surface area contributed by atoms with E-state index in [9.17, 15) is 8.60 Å². The Morgan fingerprint density at radius 2 is 2.06 bits per heavy atom. The number of halogens is 1. The molecule has 1 N–H and O–H groups in total. The minimum absolute atomic E-state index is 0.0699. The number of hydrogen-bond donors (Lipinski definition) is 2. The van der Waals surface area contributed by atoms with Gasteiger partial charge >= 0.3 is 0 Å². The average molecular weight is 473 g/mol. The standard InChI is InChI=1S/C24H29FN4O3S/c1-15-10-19(29-33(3)30)13-21-23(15)24(27-14-26-21)28-20-5-4-18(25)12-22(20)32-16(2)11-17-6-8-31-9-7-17/h4-5,10,12-14,16-17,33H,6-9,11H2,1-3H3,(H,26,27,28). The van der Waals surface area contributed by atoms with Gasteiger partial charge in [0.25, 0.3) is 0 Å². The third kappa shape index (κ3) is 5.97. The molecule has 1 aliphatic rings. The molecule has 0 aliphatic carbocycles. The highest BCUT2D eigenvalue weighted by atomic mass is 32.2. The van der Waals surface area contributed by atoms with Crippen LogP contribution < -0.4 is 10.1 Å². The van der Waals surface area contributed by atoms with E-state index >= 15 is 0 Å². The van der Waals surface area contributed by atoms with Crippen LogP contribution in [0.25, 0.3) is 10.9 Å². The molecule has 3 aromatic rings. The Kier molecular flexibility index (Phi) is 7.39. The van der Waals surface area contributed by atoms with Crippen molar-refractivity contribution in [2.24, 2.45) is 10.3 Å². The van der Waals surface area contributed by atoms with E-state index in [0.29, 0.717) is 34.4 Å². The van der Waals surface area contributed by atoms with Crippen LogP contribution in [0.5, 0.6) is 5.75 Å². The fraction of sp³-hybridized carbons (Fsp3) is 0.417. The van der Waals surface area contributed by atoms with Crippen LogP contribution in [-0.4, -0.2) is 39.8 Å². The Balaban J connectivity index is 1.61. The van der Waals surface area contributed by atoms with Crippen LogP contribution in [0.1, 0.15) is 31.7 Å². The van der Waals surface area contributed by atoms with Crippen LogP contribution in [0, 0.1) is 18.7 Å². The number of fused-ring (bicyclic) bond motifs is 1. The first kappa shape index (κ1) is 23.4. The summed E-state index contributed by atoms with van der Waals surface area (Å²) in [6.45, 7) is 5.51. The number of nitrogens with zero attached hydrogens (tertiary/aromatic N) is 3. The van der Waals surface area contributed by atoms with Gasteiger partial charge in [0.1, 0.15) is 23.7 Å². The second-order valence-corrected chi connectivity index (χ2v) is 9.56. The molecule has 7 nitrogen and oxygen atoms in total. The number of thiol groups is 1. The van der Waals surface area contributed by atoms with E-state index in [0.717, 1.165) is 43.4 Å². The maximum absolute atomic E-state index is 14.1. The van der Waals surface area contributed by atoms with Gasteiger partial charge in [0.2, 0.25) is 0 Å². The largest absolute Gasteiger partial charge is 0.488 e. The molecule has 2 heterocycles. The first-order valence-electron chi connectivity index (χ1n) is 11.1. The zero-order valence-corrected chi connectivity index (χ0v) is 19.9. The molecular weight excluding hydrogens is 443 g/mol. The molecule has 4 rings (SSSR count). The molecule has 0 saturated carbocycles. The number of aryl methyl sites for hydroxylation is 1. The van der Waals surface area contributed by atoms with Gasteiger partial charge in [-0.15, -0.1) is 0 Å². The van der Waals surface area contributed by atoms with E-state index in [4.69, 9.17) is 9.47 Å². The summed E-state index contributed by atoms with van der Waals surface area (Å²) >= 11 is 0. The summed E-state index contributed by atoms with van der Waals surface area (Å²) in [5, 5.41) is 4.11. The van der Waals surface area contributed by atoms with E-state index in [2.05, 4.69) is 19.6 Å². The lowest BCUT2D eigenvalue weighted by molar-refractivity contribution is 0.0507.